The van der Waals surface area contributed by atoms with Crippen molar-refractivity contribution < 1.29 is 15.3 Å². The molecule has 0 unspecified atom stereocenters. The lowest BCUT2D eigenvalue weighted by atomic mass is 11.3. The highest BCUT2D eigenvalue weighted by molar-refractivity contribution is 7.81. The van der Waals surface area contributed by atoms with Gasteiger partial charge in [0, 0.05) is 0 Å². The van der Waals surface area contributed by atoms with Crippen LogP contribution in [0.2, 0.25) is 0 Å². The van der Waals surface area contributed by atoms with Crippen LogP contribution in [0.5, 0.6) is 0 Å². The minimum atomic E-state index is -2.81. The zero-order valence-electron chi connectivity index (χ0n) is 2.29. The van der Waals surface area contributed by atoms with Gasteiger partial charge in [-0.2, -0.15) is 0 Å². The predicted molar refractivity (Wildman–Crippen MR) is 18.4 cm³/mol. The Bertz CT molecular complexity index is 22.4. The summed E-state index contributed by atoms with van der Waals surface area (Å²) in [7, 11) is 0. The molecule has 4 heteroatoms. The summed E-state index contributed by atoms with van der Waals surface area (Å²) >= 11 is 2.79. The monoisotopic (exact) mass is 96.0 g/mol. The number of rotatable bonds is 0. The van der Waals surface area contributed by atoms with Crippen LogP contribution in [-0.4, -0.2) is 20.6 Å². The van der Waals surface area contributed by atoms with Crippen molar-refractivity contribution in [1.82, 2.24) is 0 Å². The Morgan fingerprint density at radius 1 is 1.20 bits per heavy atom. The summed E-state index contributed by atoms with van der Waals surface area (Å²) in [4.78, 5) is 0. The molecule has 0 radical (unpaired) electrons. The lowest BCUT2D eigenvalue weighted by Gasteiger charge is -2.00. The number of hydrogen-bond donors (Lipinski definition) is 4. The highest BCUT2D eigenvalue weighted by Crippen LogP contribution is 1.93. The van der Waals surface area contributed by atoms with Gasteiger partial charge in [0.05, 0.1) is 0 Å². The van der Waals surface area contributed by atoms with Crippen molar-refractivity contribution in [3.63, 3.8) is 0 Å². The Morgan fingerprint density at radius 3 is 1.20 bits per heavy atom. The van der Waals surface area contributed by atoms with Gasteiger partial charge in [0.25, 0.3) is 0 Å². The Morgan fingerprint density at radius 2 is 1.20 bits per heavy atom. The molecule has 0 saturated heterocycles. The normalized spacial score (nSPS) is 12.0. The van der Waals surface area contributed by atoms with Gasteiger partial charge in [-0.05, 0) is 0 Å². The number of hydrogen-bond acceptors (Lipinski definition) is 4. The molecule has 3 N–H and O–H groups in total. The van der Waals surface area contributed by atoms with Crippen LogP contribution < -0.4 is 0 Å². The molecule has 0 aliphatic heterocycles. The van der Waals surface area contributed by atoms with Crippen LogP contribution in [0.4, 0.5) is 0 Å². The molecule has 0 atom stereocenters. The summed E-state index contributed by atoms with van der Waals surface area (Å²) in [5.74, 6) is 0. The molecular formula is CH4O3S. The summed E-state index contributed by atoms with van der Waals surface area (Å²) in [6, 6.07) is 0. The van der Waals surface area contributed by atoms with E-state index in [0.29, 0.717) is 0 Å². The van der Waals surface area contributed by atoms with E-state index in [-0.39, 0.29) is 0 Å². The van der Waals surface area contributed by atoms with Gasteiger partial charge in [0.15, 0.2) is 0 Å². The third-order valence-electron chi connectivity index (χ3n) is 0. The third-order valence-corrected chi connectivity index (χ3v) is 0. The molecule has 0 aromatic carbocycles. The van der Waals surface area contributed by atoms with E-state index in [0.717, 1.165) is 0 Å². The predicted octanol–water partition coefficient (Wildman–Crippen LogP) is -1.50. The van der Waals surface area contributed by atoms with Gasteiger partial charge in [-0.3, -0.25) is 0 Å². The molecular weight excluding hydrogens is 92.1 g/mol. The molecule has 0 aromatic heterocycles. The smallest absolute Gasteiger partial charge is 0.326 e. The fraction of sp³-hybridized carbons (Fsp3) is 1.00. The molecule has 0 aliphatic carbocycles. The van der Waals surface area contributed by atoms with Crippen molar-refractivity contribution in [2.45, 2.75) is 5.31 Å². The summed E-state index contributed by atoms with van der Waals surface area (Å²) in [6.45, 7) is 0. The average molecular weight is 96.1 g/mol. The van der Waals surface area contributed by atoms with Crippen LogP contribution in [0.3, 0.4) is 0 Å². The van der Waals surface area contributed by atoms with Crippen molar-refractivity contribution in [3.05, 3.63) is 0 Å². The summed E-state index contributed by atoms with van der Waals surface area (Å²) in [5.41, 5.74) is 0. The van der Waals surface area contributed by atoms with E-state index in [1.165, 1.54) is 0 Å². The lowest BCUT2D eigenvalue weighted by Crippen LogP contribution is -2.16. The molecule has 0 aromatic rings. The summed E-state index contributed by atoms with van der Waals surface area (Å²) in [5, 5.41) is 19.7. The van der Waals surface area contributed by atoms with Gasteiger partial charge < -0.3 is 15.3 Å². The Labute approximate surface area is 34.3 Å². The second-order valence-corrected chi connectivity index (χ2v) is 1.20. The van der Waals surface area contributed by atoms with E-state index in [1.54, 1.807) is 0 Å². The second-order valence-electron chi connectivity index (χ2n) is 0.600. The molecule has 0 heterocycles. The van der Waals surface area contributed by atoms with Gasteiger partial charge in [-0.1, -0.05) is 12.6 Å². The molecule has 0 amide bonds. The van der Waals surface area contributed by atoms with Crippen LogP contribution >= 0.6 is 12.6 Å². The van der Waals surface area contributed by atoms with E-state index in [4.69, 9.17) is 15.3 Å². The maximum absolute atomic E-state index is 7.50. The van der Waals surface area contributed by atoms with Crippen LogP contribution in [0, 0.1) is 0 Å². The Balaban J connectivity index is 3.02. The molecule has 3 nitrogen and oxygen atoms in total. The van der Waals surface area contributed by atoms with Gasteiger partial charge in [0.2, 0.25) is 0 Å². The third kappa shape index (κ3) is 398. The summed E-state index contributed by atoms with van der Waals surface area (Å²) in [6.07, 6.45) is 0. The van der Waals surface area contributed by atoms with Gasteiger partial charge >= 0.3 is 5.31 Å². The molecule has 0 bridgehead atoms. The second kappa shape index (κ2) is 1.14. The van der Waals surface area contributed by atoms with Crippen LogP contribution in [0.25, 0.3) is 0 Å². The van der Waals surface area contributed by atoms with E-state index < -0.39 is 5.31 Å². The maximum Gasteiger partial charge on any atom is 0.326 e. The average Bonchev–Trinajstić information content (AvgIpc) is 0.722. The molecule has 0 spiro atoms. The molecule has 0 fully saturated rings. The zero-order chi connectivity index (χ0) is 4.50. The molecule has 0 saturated carbocycles. The van der Waals surface area contributed by atoms with Crippen molar-refractivity contribution in [2.75, 3.05) is 0 Å². The maximum atomic E-state index is 7.50. The minimum Gasteiger partial charge on any atom is -0.335 e. The molecule has 0 rings (SSSR count). The van der Waals surface area contributed by atoms with Crippen molar-refractivity contribution in [1.29, 1.82) is 0 Å². The largest absolute Gasteiger partial charge is 0.335 e. The van der Waals surface area contributed by atoms with E-state index in [1.807, 2.05) is 0 Å². The Kier molecular flexibility index (Phi) is 1.19. The van der Waals surface area contributed by atoms with Crippen molar-refractivity contribution in [3.8, 4) is 0 Å². The van der Waals surface area contributed by atoms with E-state index in [2.05, 4.69) is 12.6 Å². The molecule has 5 heavy (non-hydrogen) atoms. The van der Waals surface area contributed by atoms with Crippen molar-refractivity contribution in [2.24, 2.45) is 0 Å². The summed E-state index contributed by atoms with van der Waals surface area (Å²) < 4.78 is 0. The molecule has 32 valence electrons. The fourth-order valence-electron chi connectivity index (χ4n) is 0. The standard InChI is InChI=1S/CH4O3S/c2-1(3,4)5/h2-5H. The fourth-order valence-corrected chi connectivity index (χ4v) is 0. The van der Waals surface area contributed by atoms with Gasteiger partial charge in [-0.15, -0.1) is 0 Å². The number of thiol groups is 1. The van der Waals surface area contributed by atoms with E-state index in [9.17, 15) is 0 Å². The number of aliphatic hydroxyl groups is 3. The first-order valence-corrected chi connectivity index (χ1v) is 1.34. The topological polar surface area (TPSA) is 60.7 Å². The first kappa shape index (κ1) is 5.23. The van der Waals surface area contributed by atoms with Gasteiger partial charge in [0.1, 0.15) is 0 Å². The zero-order valence-corrected chi connectivity index (χ0v) is 3.18. The SMILES string of the molecule is OC(O)(O)S. The van der Waals surface area contributed by atoms with E-state index >= 15 is 0 Å². The van der Waals surface area contributed by atoms with Crippen molar-refractivity contribution >= 4 is 12.6 Å². The first-order chi connectivity index (χ1) is 2.00. The Hall–Kier alpha value is 0.230. The highest BCUT2D eigenvalue weighted by atomic mass is 32.1. The first-order valence-electron chi connectivity index (χ1n) is 0.894. The highest BCUT2D eigenvalue weighted by Gasteiger charge is 2.05. The van der Waals surface area contributed by atoms with Crippen LogP contribution in [-0.2, 0) is 0 Å². The quantitative estimate of drug-likeness (QED) is 0.219. The minimum absolute atomic E-state index is 2.79. The lowest BCUT2D eigenvalue weighted by molar-refractivity contribution is -0.232. The van der Waals surface area contributed by atoms with Crippen LogP contribution in [0.15, 0.2) is 0 Å². The van der Waals surface area contributed by atoms with Gasteiger partial charge in [-0.25, -0.2) is 0 Å². The van der Waals surface area contributed by atoms with Crippen LogP contribution in [0.1, 0.15) is 0 Å². The molecule has 0 aliphatic rings.